The van der Waals surface area contributed by atoms with Crippen LogP contribution in [0.15, 0.2) is 11.3 Å². The molecule has 0 bridgehead atoms. The van der Waals surface area contributed by atoms with Crippen LogP contribution in [0.5, 0.6) is 0 Å². The minimum atomic E-state index is -0.967. The van der Waals surface area contributed by atoms with Crippen LogP contribution >= 0.6 is 12.6 Å². The van der Waals surface area contributed by atoms with E-state index in [1.54, 1.807) is 6.92 Å². The molecule has 16 heavy (non-hydrogen) atoms. The number of carbonyl (C=O) groups excluding carboxylic acids is 1. The van der Waals surface area contributed by atoms with Crippen molar-refractivity contribution in [1.82, 2.24) is 10.6 Å². The van der Waals surface area contributed by atoms with Crippen LogP contribution < -0.4 is 10.6 Å². The maximum atomic E-state index is 11.7. The lowest BCUT2D eigenvalue weighted by Gasteiger charge is -2.28. The predicted octanol–water partition coefficient (Wildman–Crippen LogP) is 0.694. The van der Waals surface area contributed by atoms with Gasteiger partial charge in [-0.1, -0.05) is 13.3 Å². The van der Waals surface area contributed by atoms with Gasteiger partial charge in [-0.3, -0.25) is 9.59 Å². The molecular formula is C10H16N2O3S. The van der Waals surface area contributed by atoms with E-state index in [0.29, 0.717) is 24.1 Å². The number of carboxylic acid groups (broad SMARTS) is 1. The van der Waals surface area contributed by atoms with E-state index in [1.807, 2.05) is 6.92 Å². The maximum Gasteiger partial charge on any atom is 0.311 e. The Bertz CT molecular complexity index is 341. The Morgan fingerprint density at radius 3 is 2.62 bits per heavy atom. The van der Waals surface area contributed by atoms with Crippen molar-refractivity contribution in [2.45, 2.75) is 32.2 Å². The summed E-state index contributed by atoms with van der Waals surface area (Å²) in [6.45, 7) is 3.59. The highest BCUT2D eigenvalue weighted by Crippen LogP contribution is 2.23. The number of rotatable bonds is 4. The maximum absolute atomic E-state index is 11.7. The van der Waals surface area contributed by atoms with E-state index >= 15 is 0 Å². The van der Waals surface area contributed by atoms with E-state index < -0.39 is 17.4 Å². The summed E-state index contributed by atoms with van der Waals surface area (Å²) in [6.07, 6.45) is 1.17. The third kappa shape index (κ3) is 2.69. The van der Waals surface area contributed by atoms with Crippen molar-refractivity contribution in [2.24, 2.45) is 5.92 Å². The second kappa shape index (κ2) is 5.25. The molecule has 1 heterocycles. The molecule has 2 atom stereocenters. The van der Waals surface area contributed by atoms with E-state index in [9.17, 15) is 9.59 Å². The molecule has 90 valence electrons. The van der Waals surface area contributed by atoms with Crippen molar-refractivity contribution in [3.63, 3.8) is 0 Å². The second-order valence-corrected chi connectivity index (χ2v) is 4.25. The molecule has 5 nitrogen and oxygen atoms in total. The first kappa shape index (κ1) is 12.9. The van der Waals surface area contributed by atoms with Crippen molar-refractivity contribution in [3.05, 3.63) is 11.3 Å². The van der Waals surface area contributed by atoms with Gasteiger partial charge in [-0.25, -0.2) is 0 Å². The molecule has 0 aromatic heterocycles. The Morgan fingerprint density at radius 2 is 2.19 bits per heavy atom. The molecule has 0 aromatic rings. The van der Waals surface area contributed by atoms with Crippen molar-refractivity contribution in [1.29, 1.82) is 0 Å². The van der Waals surface area contributed by atoms with Gasteiger partial charge < -0.3 is 15.7 Å². The minimum Gasteiger partial charge on any atom is -0.481 e. The Labute approximate surface area is 99.7 Å². The van der Waals surface area contributed by atoms with Gasteiger partial charge in [-0.15, -0.1) is 12.6 Å². The van der Waals surface area contributed by atoms with Gasteiger partial charge in [0.15, 0.2) is 0 Å². The zero-order valence-electron chi connectivity index (χ0n) is 9.28. The molecule has 0 saturated carbocycles. The van der Waals surface area contributed by atoms with E-state index in [1.165, 1.54) is 0 Å². The average Bonchev–Trinajstić information content (AvgIpc) is 2.14. The molecule has 3 N–H and O–H groups in total. The topological polar surface area (TPSA) is 78.4 Å². The first-order chi connectivity index (χ1) is 7.47. The Morgan fingerprint density at radius 1 is 1.56 bits per heavy atom. The van der Waals surface area contributed by atoms with Gasteiger partial charge in [-0.05, 0) is 13.3 Å². The molecule has 0 aromatic carbocycles. The Balaban J connectivity index is 3.02. The summed E-state index contributed by atoms with van der Waals surface area (Å²) in [7, 11) is 0. The molecule has 6 heteroatoms. The normalized spacial score (nSPS) is 22.4. The second-order valence-electron chi connectivity index (χ2n) is 3.74. The lowest BCUT2D eigenvalue weighted by Crippen LogP contribution is -2.48. The molecule has 1 amide bonds. The Hall–Kier alpha value is -1.17. The number of hydrogen-bond donors (Lipinski definition) is 4. The summed E-state index contributed by atoms with van der Waals surface area (Å²) in [5, 5.41) is 14.5. The highest BCUT2D eigenvalue weighted by Gasteiger charge is 2.32. The van der Waals surface area contributed by atoms with Crippen molar-refractivity contribution < 1.29 is 14.7 Å². The van der Waals surface area contributed by atoms with Crippen molar-refractivity contribution in [3.8, 4) is 0 Å². The largest absolute Gasteiger partial charge is 0.481 e. The SMILES string of the molecule is CCCC(C(=O)O)C1=C(C)NC(S)NC1=O. The standard InChI is InChI=1S/C10H16N2O3S/c1-3-4-6(9(14)15)7-5(2)11-10(16)12-8(7)13/h6,10-11,16H,3-4H2,1-2H3,(H,12,13)(H,14,15). The smallest absolute Gasteiger partial charge is 0.311 e. The van der Waals surface area contributed by atoms with Gasteiger partial charge in [0, 0.05) is 11.3 Å². The molecule has 1 rings (SSSR count). The van der Waals surface area contributed by atoms with Crippen LogP contribution in [0.4, 0.5) is 0 Å². The monoisotopic (exact) mass is 244 g/mol. The zero-order valence-corrected chi connectivity index (χ0v) is 10.2. The van der Waals surface area contributed by atoms with Crippen LogP contribution in [0.1, 0.15) is 26.7 Å². The van der Waals surface area contributed by atoms with Gasteiger partial charge >= 0.3 is 5.97 Å². The number of allylic oxidation sites excluding steroid dienone is 1. The van der Waals surface area contributed by atoms with Gasteiger partial charge in [-0.2, -0.15) is 0 Å². The van der Waals surface area contributed by atoms with Gasteiger partial charge in [0.25, 0.3) is 5.91 Å². The summed E-state index contributed by atoms with van der Waals surface area (Å²) in [5.74, 6) is -2.07. The highest BCUT2D eigenvalue weighted by molar-refractivity contribution is 7.80. The van der Waals surface area contributed by atoms with Crippen LogP contribution in [0, 0.1) is 5.92 Å². The zero-order chi connectivity index (χ0) is 12.3. The Kier molecular flexibility index (Phi) is 4.23. The number of thiol groups is 1. The summed E-state index contributed by atoms with van der Waals surface area (Å²) in [6, 6.07) is 0. The van der Waals surface area contributed by atoms with Crippen LogP contribution in [0.3, 0.4) is 0 Å². The number of amides is 1. The van der Waals surface area contributed by atoms with Crippen molar-refractivity contribution in [2.75, 3.05) is 0 Å². The quantitative estimate of drug-likeness (QED) is 0.549. The van der Waals surface area contributed by atoms with E-state index in [2.05, 4.69) is 23.3 Å². The van der Waals surface area contributed by atoms with Gasteiger partial charge in [0.05, 0.1) is 5.92 Å². The molecular weight excluding hydrogens is 228 g/mol. The molecule has 0 saturated heterocycles. The average molecular weight is 244 g/mol. The predicted molar refractivity (Wildman–Crippen MR) is 62.8 cm³/mol. The summed E-state index contributed by atoms with van der Waals surface area (Å²) >= 11 is 4.07. The van der Waals surface area contributed by atoms with Crippen LogP contribution in [0.2, 0.25) is 0 Å². The summed E-state index contributed by atoms with van der Waals surface area (Å²) < 4.78 is 0. The molecule has 0 radical (unpaired) electrons. The molecule has 0 aliphatic carbocycles. The number of hydrogen-bond acceptors (Lipinski definition) is 4. The van der Waals surface area contributed by atoms with Gasteiger partial charge in [0.2, 0.25) is 0 Å². The fourth-order valence-corrected chi connectivity index (χ4v) is 2.10. The highest BCUT2D eigenvalue weighted by atomic mass is 32.1. The summed E-state index contributed by atoms with van der Waals surface area (Å²) in [4.78, 5) is 22.8. The van der Waals surface area contributed by atoms with Crippen LogP contribution in [-0.4, -0.2) is 22.5 Å². The fourth-order valence-electron chi connectivity index (χ4n) is 1.79. The summed E-state index contributed by atoms with van der Waals surface area (Å²) in [5.41, 5.74) is 0.441. The first-order valence-electron chi connectivity index (χ1n) is 5.16. The number of carboxylic acids is 1. The van der Waals surface area contributed by atoms with Crippen molar-refractivity contribution >= 4 is 24.5 Å². The first-order valence-corrected chi connectivity index (χ1v) is 5.68. The lowest BCUT2D eigenvalue weighted by atomic mass is 9.91. The lowest BCUT2D eigenvalue weighted by molar-refractivity contribution is -0.141. The number of carbonyl (C=O) groups is 2. The minimum absolute atomic E-state index is 0.305. The van der Waals surface area contributed by atoms with Crippen LogP contribution in [-0.2, 0) is 9.59 Å². The molecule has 0 spiro atoms. The van der Waals surface area contributed by atoms with Gasteiger partial charge in [0.1, 0.15) is 5.50 Å². The van der Waals surface area contributed by atoms with Crippen LogP contribution in [0.25, 0.3) is 0 Å². The van der Waals surface area contributed by atoms with E-state index in [-0.39, 0.29) is 5.91 Å². The third-order valence-electron chi connectivity index (χ3n) is 2.49. The number of nitrogens with one attached hydrogen (secondary N) is 2. The molecule has 1 aliphatic rings. The molecule has 2 unspecified atom stereocenters. The fraction of sp³-hybridized carbons (Fsp3) is 0.600. The molecule has 0 fully saturated rings. The molecule has 1 aliphatic heterocycles. The number of aliphatic carboxylic acids is 1. The third-order valence-corrected chi connectivity index (χ3v) is 2.75. The van der Waals surface area contributed by atoms with E-state index in [4.69, 9.17) is 5.11 Å². The van der Waals surface area contributed by atoms with E-state index in [0.717, 1.165) is 0 Å².